The van der Waals surface area contributed by atoms with Crippen LogP contribution in [0.15, 0.2) is 0 Å². The Morgan fingerprint density at radius 3 is 2.44 bits per heavy atom. The summed E-state index contributed by atoms with van der Waals surface area (Å²) in [5, 5.41) is 16.8. The Morgan fingerprint density at radius 1 is 1.31 bits per heavy atom. The van der Waals surface area contributed by atoms with Crippen LogP contribution in [0.3, 0.4) is 0 Å². The third-order valence-corrected chi connectivity index (χ3v) is 4.13. The van der Waals surface area contributed by atoms with Gasteiger partial charge in [-0.1, -0.05) is 0 Å². The highest BCUT2D eigenvalue weighted by molar-refractivity contribution is 8.00. The number of carbonyl (C=O) groups is 2. The van der Waals surface area contributed by atoms with Crippen molar-refractivity contribution in [3.05, 3.63) is 0 Å². The van der Waals surface area contributed by atoms with Gasteiger partial charge in [-0.15, -0.1) is 0 Å². The van der Waals surface area contributed by atoms with E-state index < -0.39 is 28.8 Å². The van der Waals surface area contributed by atoms with E-state index in [1.165, 1.54) is 11.8 Å². The van der Waals surface area contributed by atoms with Gasteiger partial charge in [0.15, 0.2) is 0 Å². The third-order valence-electron chi connectivity index (χ3n) is 1.63. The molecule has 0 saturated carbocycles. The van der Waals surface area contributed by atoms with Crippen LogP contribution in [0.25, 0.3) is 0 Å². The summed E-state index contributed by atoms with van der Waals surface area (Å²) in [7, 11) is -1.34. The number of hydrogen-bond acceptors (Lipinski definition) is 5. The van der Waals surface area contributed by atoms with Gasteiger partial charge in [-0.2, -0.15) is 11.8 Å². The zero-order valence-electron chi connectivity index (χ0n) is 8.63. The molecule has 94 valence electrons. The molecule has 0 bridgehead atoms. The quantitative estimate of drug-likeness (QED) is 0.476. The number of aliphatic carboxylic acids is 2. The maximum absolute atomic E-state index is 11.1. The summed E-state index contributed by atoms with van der Waals surface area (Å²) in [5.74, 6) is -1.02. The Bertz CT molecular complexity index is 271. The molecule has 6 nitrogen and oxygen atoms in total. The number of rotatable bonds is 9. The minimum Gasteiger partial charge on any atom is -0.481 e. The molecule has 8 heteroatoms. The normalized spacial score (nSPS) is 14.3. The van der Waals surface area contributed by atoms with Gasteiger partial charge < -0.3 is 15.9 Å². The van der Waals surface area contributed by atoms with Gasteiger partial charge in [-0.25, -0.2) is 0 Å². The van der Waals surface area contributed by atoms with E-state index in [2.05, 4.69) is 0 Å². The zero-order chi connectivity index (χ0) is 12.6. The molecule has 0 aliphatic heterocycles. The molecule has 0 fully saturated rings. The lowest BCUT2D eigenvalue weighted by Crippen LogP contribution is -2.30. The van der Waals surface area contributed by atoms with E-state index in [1.54, 1.807) is 0 Å². The molecule has 0 heterocycles. The van der Waals surface area contributed by atoms with Crippen LogP contribution in [-0.4, -0.2) is 55.4 Å². The van der Waals surface area contributed by atoms with Crippen LogP contribution in [0.5, 0.6) is 0 Å². The minimum atomic E-state index is -1.34. The molecule has 0 aliphatic carbocycles. The van der Waals surface area contributed by atoms with E-state index in [0.29, 0.717) is 23.7 Å². The lowest BCUT2D eigenvalue weighted by atomic mass is 10.2. The van der Waals surface area contributed by atoms with Crippen LogP contribution >= 0.6 is 11.8 Å². The van der Waals surface area contributed by atoms with Gasteiger partial charge in [0, 0.05) is 22.3 Å². The monoisotopic (exact) mass is 269 g/mol. The van der Waals surface area contributed by atoms with Crippen molar-refractivity contribution >= 4 is 34.5 Å². The fraction of sp³-hybridized carbons (Fsp3) is 0.750. The molecule has 16 heavy (non-hydrogen) atoms. The van der Waals surface area contributed by atoms with Gasteiger partial charge in [-0.3, -0.25) is 13.8 Å². The largest absolute Gasteiger partial charge is 0.481 e. The topological polar surface area (TPSA) is 118 Å². The summed E-state index contributed by atoms with van der Waals surface area (Å²) in [6.07, 6.45) is 0.353. The minimum absolute atomic E-state index is 0.305. The van der Waals surface area contributed by atoms with Crippen LogP contribution < -0.4 is 5.73 Å². The third kappa shape index (κ3) is 8.69. The molecule has 4 N–H and O–H groups in total. The predicted octanol–water partition coefficient (Wildman–Crippen LogP) is -0.645. The number of nitrogens with two attached hydrogens (primary N) is 1. The smallest absolute Gasteiger partial charge is 0.320 e. The van der Waals surface area contributed by atoms with Crippen LogP contribution in [0, 0.1) is 0 Å². The molecule has 0 rings (SSSR count). The Labute approximate surface area is 100 Å². The molecule has 0 radical (unpaired) electrons. The van der Waals surface area contributed by atoms with E-state index in [4.69, 9.17) is 15.9 Å². The lowest BCUT2D eigenvalue weighted by molar-refractivity contribution is -0.138. The fourth-order valence-electron chi connectivity index (χ4n) is 0.798. The van der Waals surface area contributed by atoms with Crippen molar-refractivity contribution in [1.29, 1.82) is 0 Å². The summed E-state index contributed by atoms with van der Waals surface area (Å²) in [5.41, 5.74) is 5.27. The van der Waals surface area contributed by atoms with E-state index in [-0.39, 0.29) is 5.75 Å². The highest BCUT2D eigenvalue weighted by Gasteiger charge is 2.10. The molecular weight excluding hydrogens is 254 g/mol. The standard InChI is InChI=1S/C8H15NO5S2/c9-6(8(12)13)1-2-15-3-4-16(14)5-7(10)11/h6H,1-5,9H2,(H,10,11)(H,12,13). The molecule has 0 amide bonds. The summed E-state index contributed by atoms with van der Waals surface area (Å²) in [6, 6.07) is -0.864. The van der Waals surface area contributed by atoms with Gasteiger partial charge in [-0.05, 0) is 12.2 Å². The molecule has 2 unspecified atom stereocenters. The average molecular weight is 269 g/mol. The van der Waals surface area contributed by atoms with Gasteiger partial charge in [0.25, 0.3) is 0 Å². The number of carboxylic acids is 2. The molecule has 0 aromatic heterocycles. The summed E-state index contributed by atoms with van der Waals surface area (Å²) in [6.45, 7) is 0. The lowest BCUT2D eigenvalue weighted by Gasteiger charge is -2.05. The van der Waals surface area contributed by atoms with Crippen LogP contribution in [0.2, 0.25) is 0 Å². The first kappa shape index (κ1) is 15.4. The number of hydrogen-bond donors (Lipinski definition) is 3. The SMILES string of the molecule is NC(CCSCCS(=O)CC(=O)O)C(=O)O. The van der Waals surface area contributed by atoms with Gasteiger partial charge in [0.1, 0.15) is 11.8 Å². The van der Waals surface area contributed by atoms with Crippen molar-refractivity contribution in [2.24, 2.45) is 5.73 Å². The van der Waals surface area contributed by atoms with Crippen LogP contribution in [0.1, 0.15) is 6.42 Å². The summed E-state index contributed by atoms with van der Waals surface area (Å²) >= 11 is 1.43. The maximum Gasteiger partial charge on any atom is 0.320 e. The zero-order valence-corrected chi connectivity index (χ0v) is 10.3. The van der Waals surface area contributed by atoms with E-state index in [1.807, 2.05) is 0 Å². The molecule has 2 atom stereocenters. The van der Waals surface area contributed by atoms with Crippen molar-refractivity contribution in [3.8, 4) is 0 Å². The van der Waals surface area contributed by atoms with E-state index in [0.717, 1.165) is 0 Å². The molecule has 0 aromatic carbocycles. The molecule has 0 aromatic rings. The van der Waals surface area contributed by atoms with Crippen molar-refractivity contribution in [3.63, 3.8) is 0 Å². The number of thioether (sulfide) groups is 1. The second-order valence-corrected chi connectivity index (χ2v) is 5.83. The first-order chi connectivity index (χ1) is 7.43. The Morgan fingerprint density at radius 2 is 1.94 bits per heavy atom. The fourth-order valence-corrected chi connectivity index (χ4v) is 3.06. The van der Waals surface area contributed by atoms with Gasteiger partial charge >= 0.3 is 11.9 Å². The maximum atomic E-state index is 11.1. The van der Waals surface area contributed by atoms with E-state index in [9.17, 15) is 13.8 Å². The predicted molar refractivity (Wildman–Crippen MR) is 63.1 cm³/mol. The first-order valence-electron chi connectivity index (χ1n) is 4.56. The second kappa shape index (κ2) is 8.54. The van der Waals surface area contributed by atoms with Crippen molar-refractivity contribution in [2.45, 2.75) is 12.5 Å². The van der Waals surface area contributed by atoms with Crippen LogP contribution in [-0.2, 0) is 20.4 Å². The first-order valence-corrected chi connectivity index (χ1v) is 7.20. The van der Waals surface area contributed by atoms with E-state index >= 15 is 0 Å². The van der Waals surface area contributed by atoms with Crippen molar-refractivity contribution in [2.75, 3.05) is 23.0 Å². The Hall–Kier alpha value is -0.600. The van der Waals surface area contributed by atoms with Crippen LogP contribution in [0.4, 0.5) is 0 Å². The summed E-state index contributed by atoms with van der Waals surface area (Å²) < 4.78 is 11.1. The average Bonchev–Trinajstić information content (AvgIpc) is 2.15. The molecule has 0 aliphatic rings. The van der Waals surface area contributed by atoms with Gasteiger partial charge in [0.05, 0.1) is 0 Å². The van der Waals surface area contributed by atoms with Crippen molar-refractivity contribution < 1.29 is 24.0 Å². The highest BCUT2D eigenvalue weighted by Crippen LogP contribution is 2.04. The van der Waals surface area contributed by atoms with Crippen molar-refractivity contribution in [1.82, 2.24) is 0 Å². The highest BCUT2D eigenvalue weighted by atomic mass is 32.2. The molecule has 0 spiro atoms. The van der Waals surface area contributed by atoms with Gasteiger partial charge in [0.2, 0.25) is 0 Å². The second-order valence-electron chi connectivity index (χ2n) is 3.03. The molecular formula is C8H15NO5S2. The summed E-state index contributed by atoms with van der Waals surface area (Å²) in [4.78, 5) is 20.5. The number of carboxylic acid groups (broad SMARTS) is 2. The molecule has 0 saturated heterocycles. The Kier molecular flexibility index (Phi) is 8.22. The Balaban J connectivity index is 3.43.